The monoisotopic (exact) mass is 268 g/mol. The topological polar surface area (TPSA) is 53.2 Å². The summed E-state index contributed by atoms with van der Waals surface area (Å²) in [4.78, 5) is 27.9. The molecule has 1 N–H and O–H groups in total. The van der Waals surface area contributed by atoms with E-state index in [0.29, 0.717) is 12.1 Å². The Morgan fingerprint density at radius 3 is 2.65 bits per heavy atom. The van der Waals surface area contributed by atoms with E-state index in [1.807, 2.05) is 17.0 Å². The third kappa shape index (κ3) is 2.50. The molecule has 1 aromatic carbocycles. The van der Waals surface area contributed by atoms with E-state index in [-0.39, 0.29) is 11.5 Å². The fourth-order valence-corrected chi connectivity index (χ4v) is 2.60. The van der Waals surface area contributed by atoms with Gasteiger partial charge in [-0.05, 0) is 30.0 Å². The summed E-state index contributed by atoms with van der Waals surface area (Å²) < 4.78 is 0. The van der Waals surface area contributed by atoms with Crippen molar-refractivity contribution in [3.63, 3.8) is 0 Å². The molecule has 1 amide bonds. The Balaban J connectivity index is 1.85. The van der Waals surface area contributed by atoms with E-state index in [4.69, 9.17) is 0 Å². The third-order valence-corrected chi connectivity index (χ3v) is 3.67. The molecule has 2 aromatic rings. The lowest BCUT2D eigenvalue weighted by molar-refractivity contribution is 0.0745. The molecule has 0 fully saturated rings. The van der Waals surface area contributed by atoms with E-state index in [9.17, 15) is 9.59 Å². The molecule has 4 nitrogen and oxygen atoms in total. The minimum atomic E-state index is -0.192. The average Bonchev–Trinajstić information content (AvgIpc) is 2.69. The average molecular weight is 268 g/mol. The summed E-state index contributed by atoms with van der Waals surface area (Å²) in [5, 5.41) is 0. The van der Waals surface area contributed by atoms with Crippen LogP contribution >= 0.6 is 0 Å². The normalized spacial score (nSPS) is 14.5. The molecule has 0 bridgehead atoms. The second-order valence-electron chi connectivity index (χ2n) is 5.04. The Kier molecular flexibility index (Phi) is 3.37. The van der Waals surface area contributed by atoms with Crippen LogP contribution in [0, 0.1) is 0 Å². The number of aromatic nitrogens is 1. The summed E-state index contributed by atoms with van der Waals surface area (Å²) in [6, 6.07) is 11.2. The van der Waals surface area contributed by atoms with Crippen LogP contribution in [-0.4, -0.2) is 22.3 Å². The summed E-state index contributed by atoms with van der Waals surface area (Å²) in [6.45, 7) is 1.38. The maximum atomic E-state index is 12.5. The molecule has 0 atom stereocenters. The van der Waals surface area contributed by atoms with E-state index >= 15 is 0 Å². The number of pyridine rings is 1. The van der Waals surface area contributed by atoms with Crippen LogP contribution in [0.5, 0.6) is 0 Å². The number of carbonyl (C=O) groups excluding carboxylic acids is 1. The summed E-state index contributed by atoms with van der Waals surface area (Å²) in [7, 11) is 0. The van der Waals surface area contributed by atoms with Gasteiger partial charge < -0.3 is 9.88 Å². The van der Waals surface area contributed by atoms with Gasteiger partial charge in [0.25, 0.3) is 5.91 Å². The van der Waals surface area contributed by atoms with Gasteiger partial charge in [0.05, 0.1) is 5.56 Å². The van der Waals surface area contributed by atoms with Crippen molar-refractivity contribution in [3.8, 4) is 0 Å². The Morgan fingerprint density at radius 1 is 1.10 bits per heavy atom. The van der Waals surface area contributed by atoms with Gasteiger partial charge in [0.2, 0.25) is 5.56 Å². The fourth-order valence-electron chi connectivity index (χ4n) is 2.60. The van der Waals surface area contributed by atoms with Crippen molar-refractivity contribution >= 4 is 5.91 Å². The van der Waals surface area contributed by atoms with Gasteiger partial charge in [-0.3, -0.25) is 9.59 Å². The summed E-state index contributed by atoms with van der Waals surface area (Å²) in [5.74, 6) is -0.0297. The minimum Gasteiger partial charge on any atom is -0.334 e. The number of nitrogens with one attached hydrogen (secondary N) is 1. The second-order valence-corrected chi connectivity index (χ2v) is 5.04. The van der Waals surface area contributed by atoms with Gasteiger partial charge >= 0.3 is 0 Å². The molecule has 2 heterocycles. The van der Waals surface area contributed by atoms with Crippen molar-refractivity contribution < 1.29 is 4.79 Å². The molecule has 20 heavy (non-hydrogen) atoms. The van der Waals surface area contributed by atoms with Crippen molar-refractivity contribution in [1.29, 1.82) is 0 Å². The molecule has 0 saturated carbocycles. The summed E-state index contributed by atoms with van der Waals surface area (Å²) in [6.07, 6.45) is 3.46. The van der Waals surface area contributed by atoms with Crippen LogP contribution in [0.25, 0.3) is 0 Å². The number of amides is 1. The van der Waals surface area contributed by atoms with Gasteiger partial charge in [-0.15, -0.1) is 0 Å². The number of carbonyl (C=O) groups is 1. The molecule has 0 spiro atoms. The SMILES string of the molecule is O=C(c1ccc(=O)[nH]c1)N1CCCc2ccccc2C1. The zero-order valence-electron chi connectivity index (χ0n) is 11.1. The number of hydrogen-bond donors (Lipinski definition) is 1. The molecule has 0 unspecified atom stereocenters. The molecule has 1 aliphatic heterocycles. The van der Waals surface area contributed by atoms with E-state index in [2.05, 4.69) is 17.1 Å². The number of rotatable bonds is 1. The van der Waals surface area contributed by atoms with Gasteiger partial charge in [-0.1, -0.05) is 24.3 Å². The van der Waals surface area contributed by atoms with Crippen molar-refractivity contribution in [1.82, 2.24) is 9.88 Å². The quantitative estimate of drug-likeness (QED) is 0.859. The first-order chi connectivity index (χ1) is 9.74. The lowest BCUT2D eigenvalue weighted by Crippen LogP contribution is -2.31. The van der Waals surface area contributed by atoms with E-state index in [1.165, 1.54) is 23.4 Å². The Morgan fingerprint density at radius 2 is 1.90 bits per heavy atom. The van der Waals surface area contributed by atoms with Crippen LogP contribution in [-0.2, 0) is 13.0 Å². The highest BCUT2D eigenvalue weighted by Crippen LogP contribution is 2.19. The van der Waals surface area contributed by atoms with Crippen LogP contribution in [0.4, 0.5) is 0 Å². The second kappa shape index (κ2) is 5.33. The molecule has 1 aromatic heterocycles. The van der Waals surface area contributed by atoms with E-state index in [0.717, 1.165) is 19.4 Å². The van der Waals surface area contributed by atoms with Crippen LogP contribution in [0.2, 0.25) is 0 Å². The molecule has 102 valence electrons. The van der Waals surface area contributed by atoms with Crippen LogP contribution in [0.15, 0.2) is 47.4 Å². The maximum Gasteiger partial charge on any atom is 0.255 e. The molecule has 0 aliphatic carbocycles. The standard InChI is InChI=1S/C16H16N2O2/c19-15-8-7-13(10-17-15)16(20)18-9-3-6-12-4-1-2-5-14(12)11-18/h1-2,4-5,7-8,10H,3,6,9,11H2,(H,17,19). The summed E-state index contributed by atoms with van der Waals surface area (Å²) >= 11 is 0. The van der Waals surface area contributed by atoms with Gasteiger partial charge in [0.15, 0.2) is 0 Å². The van der Waals surface area contributed by atoms with Crippen LogP contribution in [0.3, 0.4) is 0 Å². The highest BCUT2D eigenvalue weighted by Gasteiger charge is 2.19. The van der Waals surface area contributed by atoms with Crippen LogP contribution in [0.1, 0.15) is 27.9 Å². The predicted molar refractivity (Wildman–Crippen MR) is 76.6 cm³/mol. The molecule has 0 radical (unpaired) electrons. The highest BCUT2D eigenvalue weighted by atomic mass is 16.2. The number of H-pyrrole nitrogens is 1. The predicted octanol–water partition coefficient (Wildman–Crippen LogP) is 1.96. The smallest absolute Gasteiger partial charge is 0.255 e. The number of fused-ring (bicyclic) bond motifs is 1. The number of hydrogen-bond acceptors (Lipinski definition) is 2. The number of benzene rings is 1. The number of aromatic amines is 1. The van der Waals surface area contributed by atoms with Gasteiger partial charge in [0.1, 0.15) is 0 Å². The van der Waals surface area contributed by atoms with Crippen LogP contribution < -0.4 is 5.56 Å². The van der Waals surface area contributed by atoms with Crippen molar-refractivity contribution in [2.75, 3.05) is 6.54 Å². The highest BCUT2D eigenvalue weighted by molar-refractivity contribution is 5.93. The molecule has 4 heteroatoms. The van der Waals surface area contributed by atoms with Gasteiger partial charge in [0, 0.05) is 25.4 Å². The first-order valence-electron chi connectivity index (χ1n) is 6.79. The molecular formula is C16H16N2O2. The van der Waals surface area contributed by atoms with E-state index < -0.39 is 0 Å². The Bertz CT molecular complexity index is 670. The first-order valence-corrected chi connectivity index (χ1v) is 6.79. The Labute approximate surface area is 117 Å². The number of nitrogens with zero attached hydrogens (tertiary/aromatic N) is 1. The number of aryl methyl sites for hydroxylation is 1. The van der Waals surface area contributed by atoms with Gasteiger partial charge in [-0.2, -0.15) is 0 Å². The zero-order chi connectivity index (χ0) is 13.9. The lowest BCUT2D eigenvalue weighted by atomic mass is 10.0. The van der Waals surface area contributed by atoms with Crippen molar-refractivity contribution in [2.45, 2.75) is 19.4 Å². The molecule has 0 saturated heterocycles. The molecule has 1 aliphatic rings. The van der Waals surface area contributed by atoms with Crippen molar-refractivity contribution in [2.24, 2.45) is 0 Å². The maximum absolute atomic E-state index is 12.5. The zero-order valence-corrected chi connectivity index (χ0v) is 11.1. The largest absolute Gasteiger partial charge is 0.334 e. The van der Waals surface area contributed by atoms with Crippen molar-refractivity contribution in [3.05, 3.63) is 69.6 Å². The fraction of sp³-hybridized carbons (Fsp3) is 0.250. The molecule has 3 rings (SSSR count). The van der Waals surface area contributed by atoms with E-state index in [1.54, 1.807) is 6.07 Å². The van der Waals surface area contributed by atoms with Gasteiger partial charge in [-0.25, -0.2) is 0 Å². The molecular weight excluding hydrogens is 252 g/mol. The minimum absolute atomic E-state index is 0.0297. The summed E-state index contributed by atoms with van der Waals surface area (Å²) in [5.41, 5.74) is 2.87. The third-order valence-electron chi connectivity index (χ3n) is 3.67. The first kappa shape index (κ1) is 12.7. The lowest BCUT2D eigenvalue weighted by Gasteiger charge is -2.20. The Hall–Kier alpha value is -2.36.